The molecule has 1 fully saturated rings. The summed E-state index contributed by atoms with van der Waals surface area (Å²) in [5.74, 6) is 0.517. The van der Waals surface area contributed by atoms with E-state index < -0.39 is 6.10 Å². The Morgan fingerprint density at radius 3 is 2.65 bits per heavy atom. The number of rotatable bonds is 5. The van der Waals surface area contributed by atoms with Gasteiger partial charge in [0, 0.05) is 19.6 Å². The number of nitrogens with one attached hydrogen (secondary N) is 2. The number of benzene rings is 1. The maximum Gasteiger partial charge on any atom is 0.314 e. The van der Waals surface area contributed by atoms with E-state index in [0.717, 1.165) is 36.2 Å². The molecule has 0 bridgehead atoms. The molecule has 2 unspecified atom stereocenters. The maximum absolute atomic E-state index is 11.9. The highest BCUT2D eigenvalue weighted by molar-refractivity contribution is 5.73. The predicted molar refractivity (Wildman–Crippen MR) is 92.5 cm³/mol. The largest absolute Gasteiger partial charge is 0.387 e. The lowest BCUT2D eigenvalue weighted by Gasteiger charge is -2.29. The van der Waals surface area contributed by atoms with Gasteiger partial charge in [-0.15, -0.1) is 0 Å². The summed E-state index contributed by atoms with van der Waals surface area (Å²) >= 11 is 0. The SMILES string of the molecule is Cc1cc(C)cc(C(O)CNC(=O)NCC2CCCN(C)C2)c1. The van der Waals surface area contributed by atoms with Gasteiger partial charge in [-0.2, -0.15) is 0 Å². The number of hydrogen-bond acceptors (Lipinski definition) is 3. The van der Waals surface area contributed by atoms with Gasteiger partial charge in [-0.1, -0.05) is 29.3 Å². The Kier molecular flexibility index (Phi) is 6.42. The normalized spacial score (nSPS) is 20.1. The van der Waals surface area contributed by atoms with Crippen molar-refractivity contribution in [3.8, 4) is 0 Å². The van der Waals surface area contributed by atoms with Gasteiger partial charge in [0.05, 0.1) is 6.10 Å². The van der Waals surface area contributed by atoms with Crippen LogP contribution in [0.5, 0.6) is 0 Å². The fourth-order valence-corrected chi connectivity index (χ4v) is 3.25. The van der Waals surface area contributed by atoms with Crippen molar-refractivity contribution < 1.29 is 9.90 Å². The number of carbonyl (C=O) groups is 1. The summed E-state index contributed by atoms with van der Waals surface area (Å²) in [6.45, 7) is 7.10. The lowest BCUT2D eigenvalue weighted by molar-refractivity contribution is 0.171. The molecule has 1 saturated heterocycles. The third kappa shape index (κ3) is 5.84. The van der Waals surface area contributed by atoms with Crippen molar-refractivity contribution in [3.05, 3.63) is 34.9 Å². The number of aliphatic hydroxyl groups excluding tert-OH is 1. The van der Waals surface area contributed by atoms with E-state index in [1.165, 1.54) is 6.42 Å². The standard InChI is InChI=1S/C18H29N3O2/c1-13-7-14(2)9-16(8-13)17(22)11-20-18(23)19-10-15-5-4-6-21(3)12-15/h7-9,15,17,22H,4-6,10-12H2,1-3H3,(H2,19,20,23). The molecule has 5 nitrogen and oxygen atoms in total. The Hall–Kier alpha value is -1.59. The van der Waals surface area contributed by atoms with E-state index in [9.17, 15) is 9.90 Å². The molecule has 1 aromatic rings. The minimum atomic E-state index is -0.680. The minimum Gasteiger partial charge on any atom is -0.387 e. The average molecular weight is 319 g/mol. The molecule has 128 valence electrons. The number of aliphatic hydroxyl groups is 1. The molecule has 2 amide bonds. The molecule has 3 N–H and O–H groups in total. The van der Waals surface area contributed by atoms with Crippen molar-refractivity contribution in [2.75, 3.05) is 33.2 Å². The number of urea groups is 1. The second-order valence-corrected chi connectivity index (χ2v) is 6.80. The Morgan fingerprint density at radius 2 is 2.00 bits per heavy atom. The number of aryl methyl sites for hydroxylation is 2. The zero-order chi connectivity index (χ0) is 16.8. The summed E-state index contributed by atoms with van der Waals surface area (Å²) in [5, 5.41) is 15.9. The van der Waals surface area contributed by atoms with Gasteiger partial charge in [-0.05, 0) is 51.8 Å². The van der Waals surface area contributed by atoms with E-state index in [4.69, 9.17) is 0 Å². The summed E-state index contributed by atoms with van der Waals surface area (Å²) in [4.78, 5) is 14.2. The van der Waals surface area contributed by atoms with E-state index in [1.54, 1.807) is 0 Å². The molecular formula is C18H29N3O2. The van der Waals surface area contributed by atoms with E-state index in [0.29, 0.717) is 12.5 Å². The van der Waals surface area contributed by atoms with Crippen LogP contribution in [0.4, 0.5) is 4.79 Å². The van der Waals surface area contributed by atoms with Crippen LogP contribution < -0.4 is 10.6 Å². The van der Waals surface area contributed by atoms with E-state index in [1.807, 2.05) is 26.0 Å². The number of nitrogens with zero attached hydrogens (tertiary/aromatic N) is 1. The fourth-order valence-electron chi connectivity index (χ4n) is 3.25. The summed E-state index contributed by atoms with van der Waals surface area (Å²) < 4.78 is 0. The van der Waals surface area contributed by atoms with Crippen LogP contribution in [0.25, 0.3) is 0 Å². The number of amides is 2. The van der Waals surface area contributed by atoms with Gasteiger partial charge >= 0.3 is 6.03 Å². The van der Waals surface area contributed by atoms with Crippen LogP contribution >= 0.6 is 0 Å². The predicted octanol–water partition coefficient (Wildman–Crippen LogP) is 1.98. The molecule has 0 aliphatic carbocycles. The number of hydrogen-bond donors (Lipinski definition) is 3. The van der Waals surface area contributed by atoms with Crippen molar-refractivity contribution in [1.82, 2.24) is 15.5 Å². The van der Waals surface area contributed by atoms with Crippen LogP contribution in [0.2, 0.25) is 0 Å². The average Bonchev–Trinajstić information content (AvgIpc) is 2.49. The first-order valence-corrected chi connectivity index (χ1v) is 8.40. The van der Waals surface area contributed by atoms with Crippen LogP contribution in [0.15, 0.2) is 18.2 Å². The molecule has 2 atom stereocenters. The Balaban J connectivity index is 1.73. The summed E-state index contributed by atoms with van der Waals surface area (Å²) in [7, 11) is 2.12. The van der Waals surface area contributed by atoms with Crippen LogP contribution in [0, 0.1) is 19.8 Å². The zero-order valence-corrected chi connectivity index (χ0v) is 14.4. The highest BCUT2D eigenvalue weighted by Crippen LogP contribution is 2.16. The van der Waals surface area contributed by atoms with E-state index >= 15 is 0 Å². The van der Waals surface area contributed by atoms with Crippen molar-refractivity contribution in [3.63, 3.8) is 0 Å². The van der Waals surface area contributed by atoms with Crippen molar-refractivity contribution in [1.29, 1.82) is 0 Å². The topological polar surface area (TPSA) is 64.6 Å². The second kappa shape index (κ2) is 8.31. The van der Waals surface area contributed by atoms with Crippen molar-refractivity contribution in [2.45, 2.75) is 32.8 Å². The van der Waals surface area contributed by atoms with Gasteiger partial charge in [-0.3, -0.25) is 0 Å². The second-order valence-electron chi connectivity index (χ2n) is 6.80. The lowest BCUT2D eigenvalue weighted by atomic mass is 9.99. The molecule has 1 aliphatic rings. The molecule has 23 heavy (non-hydrogen) atoms. The van der Waals surface area contributed by atoms with Gasteiger partial charge in [0.25, 0.3) is 0 Å². The van der Waals surface area contributed by atoms with E-state index in [-0.39, 0.29) is 12.6 Å². The summed E-state index contributed by atoms with van der Waals surface area (Å²) in [6, 6.07) is 5.77. The van der Waals surface area contributed by atoms with Gasteiger partial charge in [0.2, 0.25) is 0 Å². The molecule has 1 aliphatic heterocycles. The van der Waals surface area contributed by atoms with Crippen LogP contribution in [0.3, 0.4) is 0 Å². The summed E-state index contributed by atoms with van der Waals surface area (Å²) in [5.41, 5.74) is 3.08. The first kappa shape index (κ1) is 17.8. The van der Waals surface area contributed by atoms with Crippen LogP contribution in [-0.4, -0.2) is 49.3 Å². The summed E-state index contributed by atoms with van der Waals surface area (Å²) in [6.07, 6.45) is 1.67. The molecule has 0 aromatic heterocycles. The van der Waals surface area contributed by atoms with E-state index in [2.05, 4.69) is 28.6 Å². The van der Waals surface area contributed by atoms with Crippen molar-refractivity contribution >= 4 is 6.03 Å². The quantitative estimate of drug-likeness (QED) is 0.777. The van der Waals surface area contributed by atoms with Crippen LogP contribution in [0.1, 0.15) is 35.6 Å². The maximum atomic E-state index is 11.9. The van der Waals surface area contributed by atoms with Gasteiger partial charge in [0.1, 0.15) is 0 Å². The van der Waals surface area contributed by atoms with Crippen LogP contribution in [-0.2, 0) is 0 Å². The Bertz CT molecular complexity index is 513. The first-order chi connectivity index (χ1) is 10.9. The molecule has 1 aromatic carbocycles. The smallest absolute Gasteiger partial charge is 0.314 e. The zero-order valence-electron chi connectivity index (χ0n) is 14.4. The van der Waals surface area contributed by atoms with Gasteiger partial charge < -0.3 is 20.6 Å². The third-order valence-corrected chi connectivity index (χ3v) is 4.36. The lowest BCUT2D eigenvalue weighted by Crippen LogP contribution is -2.43. The highest BCUT2D eigenvalue weighted by atomic mass is 16.3. The first-order valence-electron chi connectivity index (χ1n) is 8.40. The molecule has 0 spiro atoms. The Morgan fingerprint density at radius 1 is 1.30 bits per heavy atom. The number of carbonyl (C=O) groups excluding carboxylic acids is 1. The molecule has 1 heterocycles. The molecule has 5 heteroatoms. The van der Waals surface area contributed by atoms with Gasteiger partial charge in [-0.25, -0.2) is 4.79 Å². The number of piperidine rings is 1. The number of likely N-dealkylation sites (tertiary alicyclic amines) is 1. The molecule has 0 radical (unpaired) electrons. The van der Waals surface area contributed by atoms with Crippen molar-refractivity contribution in [2.24, 2.45) is 5.92 Å². The molecular weight excluding hydrogens is 290 g/mol. The molecule has 0 saturated carbocycles. The minimum absolute atomic E-state index is 0.207. The monoisotopic (exact) mass is 319 g/mol. The Labute approximate surface area is 139 Å². The fraction of sp³-hybridized carbons (Fsp3) is 0.611. The van der Waals surface area contributed by atoms with Gasteiger partial charge in [0.15, 0.2) is 0 Å². The third-order valence-electron chi connectivity index (χ3n) is 4.36. The molecule has 2 rings (SSSR count). The highest BCUT2D eigenvalue weighted by Gasteiger charge is 2.18.